The monoisotopic (exact) mass is 517 g/mol. The molecule has 0 saturated carbocycles. The van der Waals surface area contributed by atoms with Crippen LogP contribution in [0.3, 0.4) is 0 Å². The van der Waals surface area contributed by atoms with E-state index in [0.29, 0.717) is 24.5 Å². The topological polar surface area (TPSA) is 75.7 Å². The molecule has 0 unspecified atom stereocenters. The molecule has 0 aliphatic rings. The van der Waals surface area contributed by atoms with Crippen LogP contribution >= 0.6 is 23.4 Å². The van der Waals surface area contributed by atoms with Gasteiger partial charge in [0.2, 0.25) is 0 Å². The van der Waals surface area contributed by atoms with Crippen LogP contribution in [0.1, 0.15) is 51.7 Å². The molecular formula is C29H40ClNO3S. The van der Waals surface area contributed by atoms with Crippen molar-refractivity contribution in [2.75, 3.05) is 13.2 Å². The summed E-state index contributed by atoms with van der Waals surface area (Å²) in [6.45, 7) is 8.25. The molecule has 4 N–H and O–H groups in total. The molecule has 0 bridgehead atoms. The van der Waals surface area contributed by atoms with Crippen LogP contribution in [0.25, 0.3) is 0 Å². The van der Waals surface area contributed by atoms with Crippen molar-refractivity contribution < 1.29 is 14.9 Å². The Bertz CT molecular complexity index is 965. The van der Waals surface area contributed by atoms with E-state index in [2.05, 4.69) is 13.8 Å². The van der Waals surface area contributed by atoms with Gasteiger partial charge in [-0.1, -0.05) is 99.9 Å². The van der Waals surface area contributed by atoms with E-state index < -0.39 is 5.54 Å². The molecule has 0 atom stereocenters. The van der Waals surface area contributed by atoms with Crippen molar-refractivity contribution in [3.05, 3.63) is 88.9 Å². The average molecular weight is 518 g/mol. The summed E-state index contributed by atoms with van der Waals surface area (Å²) in [6.07, 6.45) is 2.29. The molecule has 6 heteroatoms. The lowest BCUT2D eigenvalue weighted by atomic mass is 9.94. The molecule has 192 valence electrons. The van der Waals surface area contributed by atoms with Gasteiger partial charge in [0.25, 0.3) is 0 Å². The Kier molecular flexibility index (Phi) is 15.4. The Morgan fingerprint density at radius 2 is 1.51 bits per heavy atom. The molecule has 0 aliphatic carbocycles. The molecule has 0 amide bonds. The fraction of sp³-hybridized carbons (Fsp3) is 0.379. The minimum Gasteiger partial charge on any atom is -0.489 e. The number of halogens is 1. The number of ether oxygens (including phenoxy) is 1. The lowest BCUT2D eigenvalue weighted by Crippen LogP contribution is -2.47. The lowest BCUT2D eigenvalue weighted by molar-refractivity contribution is 0.115. The number of aliphatic hydroxyl groups is 2. The summed E-state index contributed by atoms with van der Waals surface area (Å²) < 4.78 is 5.91. The van der Waals surface area contributed by atoms with Gasteiger partial charge in [-0.25, -0.2) is 0 Å². The second kappa shape index (κ2) is 17.4. The van der Waals surface area contributed by atoms with Gasteiger partial charge in [-0.05, 0) is 54.3 Å². The summed E-state index contributed by atoms with van der Waals surface area (Å²) in [4.78, 5) is 2.08. The van der Waals surface area contributed by atoms with Gasteiger partial charge in [0.1, 0.15) is 12.4 Å². The molecule has 3 rings (SSSR count). The van der Waals surface area contributed by atoms with Crippen LogP contribution in [0, 0.1) is 0 Å². The van der Waals surface area contributed by atoms with Crippen molar-refractivity contribution in [2.24, 2.45) is 5.73 Å². The molecule has 3 aromatic carbocycles. The highest BCUT2D eigenvalue weighted by molar-refractivity contribution is 7.99. The van der Waals surface area contributed by atoms with E-state index in [1.807, 2.05) is 86.6 Å². The summed E-state index contributed by atoms with van der Waals surface area (Å²) in [6, 6.07) is 23.9. The van der Waals surface area contributed by atoms with Crippen molar-refractivity contribution >= 4 is 23.4 Å². The maximum atomic E-state index is 9.33. The first-order valence-electron chi connectivity index (χ1n) is 12.2. The molecule has 0 saturated heterocycles. The number of hydrogen-bond donors (Lipinski definition) is 3. The standard InChI is InChI=1S/C24H26ClNO3S.C3H8.C2H6/c25-23-14-22(10-9-19(23)11-12-24(26,16-27)17-28)30-21-8-4-7-20(13-21)29-15-18-5-2-1-3-6-18;1-3-2;1-2/h1-10,13-14,27-28H,11-12,15-17,26H2;3H2,1-2H3;1-2H3. The predicted molar refractivity (Wildman–Crippen MR) is 150 cm³/mol. The number of hydrogen-bond acceptors (Lipinski definition) is 5. The Labute approximate surface area is 220 Å². The summed E-state index contributed by atoms with van der Waals surface area (Å²) in [5, 5.41) is 19.3. The van der Waals surface area contributed by atoms with Gasteiger partial charge >= 0.3 is 0 Å². The first-order chi connectivity index (χ1) is 16.9. The van der Waals surface area contributed by atoms with E-state index in [9.17, 15) is 10.2 Å². The highest BCUT2D eigenvalue weighted by atomic mass is 35.5. The number of aryl methyl sites for hydroxylation is 1. The Hall–Kier alpha value is -2.02. The highest BCUT2D eigenvalue weighted by Gasteiger charge is 2.23. The Morgan fingerprint density at radius 1 is 0.886 bits per heavy atom. The first kappa shape index (κ1) is 31.0. The van der Waals surface area contributed by atoms with E-state index in [1.165, 1.54) is 6.42 Å². The zero-order valence-corrected chi connectivity index (χ0v) is 22.9. The second-order valence-corrected chi connectivity index (χ2v) is 9.54. The molecule has 0 radical (unpaired) electrons. The quantitative estimate of drug-likeness (QED) is 0.267. The molecule has 3 aromatic rings. The summed E-state index contributed by atoms with van der Waals surface area (Å²) in [7, 11) is 0. The van der Waals surface area contributed by atoms with Crippen LogP contribution in [-0.2, 0) is 13.0 Å². The molecule has 4 nitrogen and oxygen atoms in total. The largest absolute Gasteiger partial charge is 0.489 e. The summed E-state index contributed by atoms with van der Waals surface area (Å²) in [5.41, 5.74) is 7.02. The molecule has 35 heavy (non-hydrogen) atoms. The highest BCUT2D eigenvalue weighted by Crippen LogP contribution is 2.33. The zero-order valence-electron chi connectivity index (χ0n) is 21.3. The Balaban J connectivity index is 0.00000114. The van der Waals surface area contributed by atoms with Gasteiger partial charge in [-0.15, -0.1) is 0 Å². The maximum Gasteiger partial charge on any atom is 0.120 e. The van der Waals surface area contributed by atoms with E-state index in [-0.39, 0.29) is 13.2 Å². The van der Waals surface area contributed by atoms with E-state index in [0.717, 1.165) is 26.7 Å². The van der Waals surface area contributed by atoms with Gasteiger partial charge in [0.05, 0.1) is 18.8 Å². The minimum absolute atomic E-state index is 0.266. The van der Waals surface area contributed by atoms with Crippen molar-refractivity contribution in [2.45, 2.75) is 68.9 Å². The van der Waals surface area contributed by atoms with Gasteiger partial charge in [0, 0.05) is 14.8 Å². The van der Waals surface area contributed by atoms with Crippen LogP contribution in [0.15, 0.2) is 82.6 Å². The van der Waals surface area contributed by atoms with Crippen molar-refractivity contribution in [1.82, 2.24) is 0 Å². The minimum atomic E-state index is -0.989. The summed E-state index contributed by atoms with van der Waals surface area (Å²) in [5.74, 6) is 0.818. The number of aliphatic hydroxyl groups excluding tert-OH is 2. The van der Waals surface area contributed by atoms with Gasteiger partial charge in [-0.3, -0.25) is 0 Å². The van der Waals surface area contributed by atoms with E-state index in [1.54, 1.807) is 11.8 Å². The normalized spacial score (nSPS) is 10.5. The molecule has 0 aromatic heterocycles. The van der Waals surface area contributed by atoms with Crippen LogP contribution < -0.4 is 10.5 Å². The lowest BCUT2D eigenvalue weighted by Gasteiger charge is -2.24. The fourth-order valence-electron chi connectivity index (χ4n) is 2.89. The smallest absolute Gasteiger partial charge is 0.120 e. The van der Waals surface area contributed by atoms with Crippen molar-refractivity contribution in [1.29, 1.82) is 0 Å². The zero-order chi connectivity index (χ0) is 26.1. The Morgan fingerprint density at radius 3 is 2.11 bits per heavy atom. The third-order valence-corrected chi connectivity index (χ3v) is 6.17. The average Bonchev–Trinajstić information content (AvgIpc) is 2.89. The van der Waals surface area contributed by atoms with Gasteiger partial charge in [0.15, 0.2) is 0 Å². The molecule has 0 heterocycles. The van der Waals surface area contributed by atoms with Crippen molar-refractivity contribution in [3.63, 3.8) is 0 Å². The number of rotatable bonds is 10. The van der Waals surface area contributed by atoms with Crippen LogP contribution in [0.5, 0.6) is 5.75 Å². The SMILES string of the molecule is CC.CCC.NC(CO)(CO)CCc1ccc(Sc2cccc(OCc3ccccc3)c2)cc1Cl. The van der Waals surface area contributed by atoms with Crippen molar-refractivity contribution in [3.8, 4) is 5.75 Å². The van der Waals surface area contributed by atoms with Crippen LogP contribution in [0.4, 0.5) is 0 Å². The summed E-state index contributed by atoms with van der Waals surface area (Å²) >= 11 is 8.07. The van der Waals surface area contributed by atoms with Crippen LogP contribution in [0.2, 0.25) is 5.02 Å². The fourth-order valence-corrected chi connectivity index (χ4v) is 4.14. The predicted octanol–water partition coefficient (Wildman–Crippen LogP) is 7.13. The van der Waals surface area contributed by atoms with Gasteiger partial charge < -0.3 is 20.7 Å². The third kappa shape index (κ3) is 11.5. The van der Waals surface area contributed by atoms with Crippen LogP contribution in [-0.4, -0.2) is 29.0 Å². The second-order valence-electron chi connectivity index (χ2n) is 7.99. The molecule has 0 spiro atoms. The van der Waals surface area contributed by atoms with Gasteiger partial charge in [-0.2, -0.15) is 0 Å². The number of benzene rings is 3. The molecular weight excluding hydrogens is 478 g/mol. The van der Waals surface area contributed by atoms with E-state index in [4.69, 9.17) is 22.1 Å². The molecule has 0 fully saturated rings. The maximum absolute atomic E-state index is 9.33. The molecule has 0 aliphatic heterocycles. The van der Waals surface area contributed by atoms with E-state index >= 15 is 0 Å². The first-order valence-corrected chi connectivity index (χ1v) is 13.4. The number of nitrogens with two attached hydrogens (primary N) is 1. The third-order valence-electron chi connectivity index (χ3n) is 4.84.